The maximum atomic E-state index is 13.7. The second-order valence-electron chi connectivity index (χ2n) is 29.6. The van der Waals surface area contributed by atoms with E-state index in [2.05, 4.69) is 75.8 Å². The Morgan fingerprint density at radius 3 is 1.49 bits per heavy atom. The summed E-state index contributed by atoms with van der Waals surface area (Å²) in [4.78, 5) is 158. The number of Topliss-reactive ketones (excluding diaryl/α,β-unsaturated/α-hetero) is 2. The molecule has 698 valence electrons. The maximum absolute atomic E-state index is 13.7. The van der Waals surface area contributed by atoms with Crippen LogP contribution in [-0.4, -0.2) is 233 Å². The Hall–Kier alpha value is -12.1. The van der Waals surface area contributed by atoms with Gasteiger partial charge in [-0.05, 0) is 197 Å². The van der Waals surface area contributed by atoms with Crippen LogP contribution in [0.1, 0.15) is 119 Å². The van der Waals surface area contributed by atoms with E-state index in [1.165, 1.54) is 47.7 Å². The van der Waals surface area contributed by atoms with Gasteiger partial charge in [0.1, 0.15) is 77.3 Å². The number of aliphatic hydroxyl groups excluding tert-OH is 2. The minimum Gasteiger partial charge on any atom is -0.496 e. The van der Waals surface area contributed by atoms with Gasteiger partial charge in [0.2, 0.25) is 23.6 Å². The molecule has 0 radical (unpaired) electrons. The van der Waals surface area contributed by atoms with Crippen molar-refractivity contribution in [1.82, 2.24) is 46.4 Å². The van der Waals surface area contributed by atoms with Crippen molar-refractivity contribution in [3.8, 4) is 28.7 Å². The van der Waals surface area contributed by atoms with Gasteiger partial charge in [-0.2, -0.15) is 0 Å². The average Bonchev–Trinajstić information content (AvgIpc) is 1.61. The summed E-state index contributed by atoms with van der Waals surface area (Å²) >= 11 is 29.8. The number of aromatic amines is 3. The summed E-state index contributed by atoms with van der Waals surface area (Å²) < 4.78 is 39.3. The van der Waals surface area contributed by atoms with Crippen LogP contribution in [0, 0.1) is 35.5 Å². The minimum absolute atomic E-state index is 0. The lowest BCUT2D eigenvalue weighted by atomic mass is 9.92. The van der Waals surface area contributed by atoms with Gasteiger partial charge in [0.25, 0.3) is 5.91 Å². The fourth-order valence-corrected chi connectivity index (χ4v) is 16.9. The van der Waals surface area contributed by atoms with Crippen molar-refractivity contribution in [1.29, 1.82) is 0 Å². The number of benzene rings is 5. The zero-order valence-corrected chi connectivity index (χ0v) is 76.3. The highest BCUT2D eigenvalue weighted by molar-refractivity contribution is 6.36. The number of aromatic nitrogens is 3. The number of carboxylic acids is 1. The molecule has 11 N–H and O–H groups in total. The Labute approximate surface area is 776 Å². The zero-order chi connectivity index (χ0) is 94.3. The molecule has 0 unspecified atom stereocenters. The Morgan fingerprint density at radius 2 is 1.04 bits per heavy atom. The molecule has 4 aliphatic heterocycles. The van der Waals surface area contributed by atoms with E-state index in [9.17, 15) is 62.6 Å². The van der Waals surface area contributed by atoms with Gasteiger partial charge in [-0.1, -0.05) is 81.1 Å². The number of fused-ring (bicyclic) bond motifs is 5. The van der Waals surface area contributed by atoms with Crippen LogP contribution in [0.15, 0.2) is 107 Å². The van der Waals surface area contributed by atoms with Gasteiger partial charge >= 0.3 is 23.9 Å². The highest BCUT2D eigenvalue weighted by atomic mass is 35.5. The Morgan fingerprint density at radius 1 is 0.577 bits per heavy atom. The molecule has 2 aliphatic carbocycles. The number of aldehydes is 1. The van der Waals surface area contributed by atoms with Crippen molar-refractivity contribution in [2.75, 3.05) is 102 Å². The number of carbonyl (C=O) groups excluding carboxylic acids is 11. The number of carbonyl (C=O) groups is 12. The first-order valence-corrected chi connectivity index (χ1v) is 42.3. The van der Waals surface area contributed by atoms with E-state index >= 15 is 0 Å². The summed E-state index contributed by atoms with van der Waals surface area (Å²) in [6.07, 6.45) is 9.72. The fraction of sp³-hybridized carbons (Fsp3) is 0.419. The number of halogens is 6. The molecule has 130 heavy (non-hydrogen) atoms. The Bertz CT molecular complexity index is 5540. The third-order valence-electron chi connectivity index (χ3n) is 22.1. The van der Waals surface area contributed by atoms with Gasteiger partial charge in [0.15, 0.2) is 17.9 Å². The summed E-state index contributed by atoms with van der Waals surface area (Å²) in [5.74, 6) is -1.60. The molecule has 14 rings (SSSR count). The maximum Gasteiger partial charge on any atom is 0.354 e. The number of ketones is 2. The average molecular weight is 1920 g/mol. The quantitative estimate of drug-likeness (QED) is 0.00433. The molecule has 4 saturated heterocycles. The molecule has 0 bridgehead atoms. The number of rotatable bonds is 27. The van der Waals surface area contributed by atoms with Crippen molar-refractivity contribution in [3.63, 3.8) is 0 Å². The lowest BCUT2D eigenvalue weighted by molar-refractivity contribution is -0.141. The summed E-state index contributed by atoms with van der Waals surface area (Å²) in [6.45, 7) is 2.84. The van der Waals surface area contributed by atoms with E-state index in [1.54, 1.807) is 111 Å². The van der Waals surface area contributed by atoms with Gasteiger partial charge in [-0.15, -0.1) is 12.4 Å². The van der Waals surface area contributed by atoms with Crippen molar-refractivity contribution in [2.45, 2.75) is 95.3 Å². The van der Waals surface area contributed by atoms with Crippen LogP contribution >= 0.6 is 70.4 Å². The Kier molecular flexibility index (Phi) is 41.5. The number of methoxy groups -OCH3 is 7. The van der Waals surface area contributed by atoms with Crippen LogP contribution < -0.4 is 50.3 Å². The van der Waals surface area contributed by atoms with E-state index in [1.807, 2.05) is 0 Å². The van der Waals surface area contributed by atoms with Crippen LogP contribution in [0.5, 0.6) is 28.7 Å². The number of ether oxygens (including phenoxy) is 8. The number of likely N-dealkylation sites (tertiary alicyclic amines) is 1. The second-order valence-corrected chi connectivity index (χ2v) is 31.7. The third kappa shape index (κ3) is 27.5. The highest BCUT2D eigenvalue weighted by Gasteiger charge is 2.51. The summed E-state index contributed by atoms with van der Waals surface area (Å²) in [6, 6.07) is 22.0. The number of carboxylic acid groups (broad SMARTS) is 1. The Balaban J connectivity index is 0.000000218. The number of esters is 3. The molecule has 8 aromatic rings. The van der Waals surface area contributed by atoms with Gasteiger partial charge in [0.05, 0.1) is 112 Å². The van der Waals surface area contributed by atoms with E-state index in [0.29, 0.717) is 161 Å². The van der Waals surface area contributed by atoms with E-state index in [-0.39, 0.29) is 90.6 Å². The first-order valence-electron chi connectivity index (χ1n) is 40.4. The molecule has 6 aliphatic rings. The SMILES string of the molecule is CCOC(=O)CN=[N+]=[N-].COC(=O)/C(=C/c1cc(Cl)ccc1OC)N=[N+]=[N-].COC(=O)c1cc2c(OC)ccc(Cl)c2[nH]1.COc1ccc(Cl)c2[nH]c(C(=O)N3C[C@@H]4CCC[C@@H]4[C@H]3C(=O)N[C@@H](C[C@@H]3CCNC3=O)C(=O)CO)cc12.COc1ccc(Cl)c2[nH]c(C(=O)O)cc12.COc1ccc(Cl)cc1C=O.Cl.O=C1NCC[C@H]1C[C@H](NC(=O)[C@H]1NC[C@@H]2CCC[C@@H]21)C(=O)CO. The third-order valence-corrected chi connectivity index (χ3v) is 23.5. The monoisotopic (exact) mass is 1920 g/mol. The first kappa shape index (κ1) is 105. The van der Waals surface area contributed by atoms with Crippen molar-refractivity contribution < 1.29 is 111 Å². The molecular formula is C86H99Cl6N15O23. The number of aliphatic hydroxyl groups is 2. The second kappa shape index (κ2) is 51.4. The molecule has 0 spiro atoms. The number of amides is 5. The lowest BCUT2D eigenvalue weighted by Crippen LogP contribution is -2.53. The number of H-pyrrole nitrogens is 3. The molecule has 6 fully saturated rings. The molecule has 3 aromatic heterocycles. The van der Waals surface area contributed by atoms with Gasteiger partial charge in [-0.25, -0.2) is 14.4 Å². The summed E-state index contributed by atoms with van der Waals surface area (Å²) in [5.41, 5.74) is 19.5. The predicted molar refractivity (Wildman–Crippen MR) is 484 cm³/mol. The molecule has 7 heterocycles. The lowest BCUT2D eigenvalue weighted by Gasteiger charge is -2.29. The van der Waals surface area contributed by atoms with Crippen LogP contribution in [0.4, 0.5) is 0 Å². The first-order chi connectivity index (χ1) is 61.9. The summed E-state index contributed by atoms with van der Waals surface area (Å²) in [5, 5.41) is 52.6. The molecule has 2 saturated carbocycles. The number of hydrogen-bond donors (Lipinski definition) is 11. The topological polar surface area (TPSA) is 548 Å². The van der Waals surface area contributed by atoms with Crippen molar-refractivity contribution in [3.05, 3.63) is 171 Å². The largest absolute Gasteiger partial charge is 0.496 e. The van der Waals surface area contributed by atoms with E-state index in [0.717, 1.165) is 50.5 Å². The predicted octanol–water partition coefficient (Wildman–Crippen LogP) is 12.3. The number of aromatic carboxylic acids is 1. The summed E-state index contributed by atoms with van der Waals surface area (Å²) in [7, 11) is 10.1. The minimum atomic E-state index is -1.02. The highest BCUT2D eigenvalue weighted by Crippen LogP contribution is 2.44. The fourth-order valence-electron chi connectivity index (χ4n) is 15.9. The molecule has 44 heteroatoms. The molecule has 5 aromatic carbocycles. The van der Waals surface area contributed by atoms with E-state index < -0.39 is 78.6 Å². The van der Waals surface area contributed by atoms with E-state index in [4.69, 9.17) is 103 Å². The van der Waals surface area contributed by atoms with Crippen LogP contribution in [0.3, 0.4) is 0 Å². The molecule has 10 atom stereocenters. The molecule has 38 nitrogen and oxygen atoms in total. The zero-order valence-electron chi connectivity index (χ0n) is 71.8. The number of azide groups is 2. The van der Waals surface area contributed by atoms with Crippen LogP contribution in [0.2, 0.25) is 25.1 Å². The normalized spacial score (nSPS) is 18.6. The van der Waals surface area contributed by atoms with Crippen LogP contribution in [0.25, 0.3) is 59.7 Å². The van der Waals surface area contributed by atoms with Crippen LogP contribution in [-0.2, 0) is 52.6 Å². The number of hydrogen-bond acceptors (Lipinski definition) is 25. The van der Waals surface area contributed by atoms with Gasteiger partial charge < -0.3 is 99.7 Å². The van der Waals surface area contributed by atoms with Crippen molar-refractivity contribution in [2.24, 2.45) is 45.7 Å². The number of nitrogens with zero attached hydrogens (tertiary/aromatic N) is 7. The number of nitrogens with one attached hydrogen (secondary N) is 8. The van der Waals surface area contributed by atoms with Gasteiger partial charge in [-0.3, -0.25) is 43.2 Å². The molecule has 5 amide bonds. The standard InChI is InChI=1S/C26H31ClN4O6.C16H25N3O4.C11H10ClN3O3.C11H10ClNO3.C10H8ClNO3.C8H7ClO2.C4H7N3O2.ClH/c1-37-21-6-5-17(27)22-16(21)10-19(29-22)26(36)31-11-14-3-2-4-15(14)23(31)25(35)30-18(20(33)12-32)9-13-7-8-28-24(13)34;20-8-13(21)12(6-9-4-5-17-15(9)22)19-16(23)14-11-3-1-2-10(11)7-18-14;1-17-10-4-3-8(12)5-7(10)6-9(14-15-13)11(16)18-2;1-15-9-4-3-7(12)10-6(9)5-8(13-10)11(14)16-2;1-15-8-3-2-6(11)9-5(8)4-7(12-9)10(13)14;1-11-8-3-2-7(9)4-6(8)5-10;1-2-9-4(8)3-6-7-5;/h5-6,10,13-15,18,23,29,32H,2-4,7-9,11-12H2,1H3,(H,28,34)(H,30,35);9-12,14,18,20H,1-8H2,(H,17,22)(H,19,23);3-6H,1-2H3;3-5,13H,1-2H3;2-4,12H,1H3,(H,13,14);2-5H,1H3;2-3H2,1H3;1H/b;;9-6-;;;;;/t13-,14-,15-,18-,23-;9-,10-,11-,12-,14-;;;;;;/m00....../s1. The molecular weight excluding hydrogens is 1820 g/mol. The van der Waals surface area contributed by atoms with Gasteiger partial charge in [0, 0.05) is 73.1 Å². The van der Waals surface area contributed by atoms with Crippen molar-refractivity contribution >= 4 is 180 Å². The smallest absolute Gasteiger partial charge is 0.354 e.